The third-order valence-electron chi connectivity index (χ3n) is 14.9. The van der Waals surface area contributed by atoms with Gasteiger partial charge in [-0.3, -0.25) is 0 Å². The zero-order chi connectivity index (χ0) is 33.7. The highest BCUT2D eigenvalue weighted by atomic mass is 28.4. The quantitative estimate of drug-likeness (QED) is 0.171. The third kappa shape index (κ3) is 8.30. The highest BCUT2D eigenvalue weighted by molar-refractivity contribution is 6.71. The minimum absolute atomic E-state index is 0.0255. The van der Waals surface area contributed by atoms with E-state index >= 15 is 0 Å². The second-order valence-corrected chi connectivity index (χ2v) is 33.1. The van der Waals surface area contributed by atoms with Gasteiger partial charge < -0.3 is 13.3 Å². The molecule has 45 heavy (non-hydrogen) atoms. The highest BCUT2D eigenvalue weighted by Gasteiger charge is 2.63. The average Bonchev–Trinajstić information content (AvgIpc) is 3.30. The molecule has 4 fully saturated rings. The van der Waals surface area contributed by atoms with Crippen LogP contribution in [0.2, 0.25) is 57.4 Å². The molecule has 6 heteroatoms. The minimum atomic E-state index is -1.74. The van der Waals surface area contributed by atoms with Crippen molar-refractivity contribution in [1.82, 2.24) is 0 Å². The average molecular weight is 679 g/mol. The van der Waals surface area contributed by atoms with Crippen LogP contribution in [0.1, 0.15) is 132 Å². The van der Waals surface area contributed by atoms with Gasteiger partial charge in [0.05, 0.1) is 11.2 Å². The van der Waals surface area contributed by atoms with E-state index in [1.165, 1.54) is 88.8 Å². The Kier molecular flexibility index (Phi) is 11.7. The monoisotopic (exact) mass is 679 g/mol. The normalized spacial score (nSPS) is 37.5. The molecule has 0 heterocycles. The van der Waals surface area contributed by atoms with Gasteiger partial charge >= 0.3 is 0 Å². The maximum absolute atomic E-state index is 7.51. The first-order valence-electron chi connectivity index (χ1n) is 19.7. The maximum atomic E-state index is 7.51. The van der Waals surface area contributed by atoms with E-state index in [2.05, 4.69) is 94.7 Å². The van der Waals surface area contributed by atoms with Crippen LogP contribution in [-0.4, -0.2) is 42.3 Å². The van der Waals surface area contributed by atoms with Crippen molar-refractivity contribution in [3.05, 3.63) is 0 Å². The van der Waals surface area contributed by atoms with E-state index in [0.29, 0.717) is 22.9 Å². The second-order valence-electron chi connectivity index (χ2n) is 19.8. The molecule has 6 unspecified atom stereocenters. The lowest BCUT2D eigenvalue weighted by atomic mass is 9.44. The van der Waals surface area contributed by atoms with E-state index in [0.717, 1.165) is 30.1 Å². The summed E-state index contributed by atoms with van der Waals surface area (Å²) >= 11 is 0. The Morgan fingerprint density at radius 1 is 0.644 bits per heavy atom. The van der Waals surface area contributed by atoms with Crippen LogP contribution in [0.5, 0.6) is 0 Å². The lowest BCUT2D eigenvalue weighted by Gasteiger charge is -2.62. The fourth-order valence-corrected chi connectivity index (χ4v) is 16.3. The molecule has 264 valence electrons. The Morgan fingerprint density at radius 2 is 1.22 bits per heavy atom. The SMILES string of the molecule is CC[Si](C)(C)O[C@H]1CCC2(C)C3CCC4(C)C(CCC4[C@@](C)(CCCC(C)(C)O[Si](C)(C)CC)O[Si](C)(C)CC)C3CC[C@H]2C1. The summed E-state index contributed by atoms with van der Waals surface area (Å²) in [6, 6.07) is 3.62. The van der Waals surface area contributed by atoms with Gasteiger partial charge in [0.2, 0.25) is 0 Å². The van der Waals surface area contributed by atoms with Gasteiger partial charge in [0, 0.05) is 6.10 Å². The molecule has 0 N–H and O–H groups in total. The molecule has 0 spiro atoms. The van der Waals surface area contributed by atoms with Gasteiger partial charge in [0.1, 0.15) is 0 Å². The molecule has 0 radical (unpaired) electrons. The van der Waals surface area contributed by atoms with Gasteiger partial charge in [0.25, 0.3) is 0 Å². The van der Waals surface area contributed by atoms with Crippen LogP contribution >= 0.6 is 0 Å². The summed E-state index contributed by atoms with van der Waals surface area (Å²) in [5, 5.41) is 0. The number of hydrogen-bond donors (Lipinski definition) is 0. The van der Waals surface area contributed by atoms with E-state index in [1.54, 1.807) is 0 Å². The van der Waals surface area contributed by atoms with Crippen molar-refractivity contribution in [2.45, 2.75) is 207 Å². The van der Waals surface area contributed by atoms with Crippen molar-refractivity contribution >= 4 is 25.0 Å². The van der Waals surface area contributed by atoms with E-state index in [4.69, 9.17) is 13.3 Å². The van der Waals surface area contributed by atoms with Crippen LogP contribution in [0.25, 0.3) is 0 Å². The zero-order valence-corrected chi connectivity index (χ0v) is 35.8. The Hall–Kier alpha value is 0.531. The van der Waals surface area contributed by atoms with E-state index in [1.807, 2.05) is 0 Å². The number of hydrogen-bond acceptors (Lipinski definition) is 3. The van der Waals surface area contributed by atoms with E-state index in [-0.39, 0.29) is 11.2 Å². The van der Waals surface area contributed by atoms with Crippen molar-refractivity contribution < 1.29 is 13.3 Å². The van der Waals surface area contributed by atoms with Crippen LogP contribution in [0.4, 0.5) is 0 Å². The van der Waals surface area contributed by atoms with Crippen LogP contribution in [0.3, 0.4) is 0 Å². The highest BCUT2D eigenvalue weighted by Crippen LogP contribution is 2.69. The molecule has 0 saturated heterocycles. The first kappa shape index (κ1) is 38.3. The van der Waals surface area contributed by atoms with Crippen LogP contribution in [-0.2, 0) is 13.3 Å². The summed E-state index contributed by atoms with van der Waals surface area (Å²) in [6.07, 6.45) is 16.7. The molecule has 0 bridgehead atoms. The first-order valence-corrected chi connectivity index (χ1v) is 29.1. The van der Waals surface area contributed by atoms with Crippen molar-refractivity contribution in [1.29, 1.82) is 0 Å². The predicted octanol–water partition coefficient (Wildman–Crippen LogP) is 12.4. The predicted molar refractivity (Wildman–Crippen MR) is 202 cm³/mol. The summed E-state index contributed by atoms with van der Waals surface area (Å²) in [6.45, 7) is 34.3. The minimum Gasteiger partial charge on any atom is -0.414 e. The smallest absolute Gasteiger partial charge is 0.187 e. The summed E-state index contributed by atoms with van der Waals surface area (Å²) in [7, 11) is -4.84. The molecule has 0 amide bonds. The van der Waals surface area contributed by atoms with Gasteiger partial charge in [0.15, 0.2) is 25.0 Å². The summed E-state index contributed by atoms with van der Waals surface area (Å²) in [5.41, 5.74) is 0.870. The molecule has 4 aliphatic carbocycles. The molecule has 4 rings (SSSR count). The number of fused-ring (bicyclic) bond motifs is 5. The van der Waals surface area contributed by atoms with Gasteiger partial charge in [-0.05, 0) is 196 Å². The molecule has 0 aromatic rings. The van der Waals surface area contributed by atoms with Gasteiger partial charge in [-0.2, -0.15) is 0 Å². The van der Waals surface area contributed by atoms with Crippen molar-refractivity contribution in [3.8, 4) is 0 Å². The Balaban J connectivity index is 1.50. The fourth-order valence-electron chi connectivity index (χ4n) is 11.6. The van der Waals surface area contributed by atoms with Crippen molar-refractivity contribution in [3.63, 3.8) is 0 Å². The van der Waals surface area contributed by atoms with E-state index in [9.17, 15) is 0 Å². The Bertz CT molecular complexity index is 996. The summed E-state index contributed by atoms with van der Waals surface area (Å²) in [5.74, 6) is 4.27. The van der Waals surface area contributed by atoms with Crippen molar-refractivity contribution in [2.24, 2.45) is 40.4 Å². The van der Waals surface area contributed by atoms with Gasteiger partial charge in [-0.15, -0.1) is 0 Å². The van der Waals surface area contributed by atoms with Crippen LogP contribution in [0, 0.1) is 40.4 Å². The molecule has 0 aliphatic heterocycles. The van der Waals surface area contributed by atoms with Crippen LogP contribution < -0.4 is 0 Å². The first-order chi connectivity index (χ1) is 20.6. The zero-order valence-electron chi connectivity index (χ0n) is 32.8. The Morgan fingerprint density at radius 3 is 1.84 bits per heavy atom. The molecule has 0 aromatic carbocycles. The molecule has 9 atom stereocenters. The Labute approximate surface area is 284 Å². The second kappa shape index (κ2) is 13.7. The number of rotatable bonds is 14. The largest absolute Gasteiger partial charge is 0.414 e. The molecule has 0 aromatic heterocycles. The van der Waals surface area contributed by atoms with Gasteiger partial charge in [-0.1, -0.05) is 34.6 Å². The lowest BCUT2D eigenvalue weighted by Crippen LogP contribution is -2.57. The van der Waals surface area contributed by atoms with E-state index < -0.39 is 25.0 Å². The van der Waals surface area contributed by atoms with Gasteiger partial charge in [-0.25, -0.2) is 0 Å². The molecular formula is C39H78O3Si3. The summed E-state index contributed by atoms with van der Waals surface area (Å²) in [4.78, 5) is 0. The molecule has 3 nitrogen and oxygen atoms in total. The molecule has 4 aliphatic rings. The van der Waals surface area contributed by atoms with Crippen LogP contribution in [0.15, 0.2) is 0 Å². The van der Waals surface area contributed by atoms with Crippen molar-refractivity contribution in [2.75, 3.05) is 0 Å². The molecular weight excluding hydrogens is 601 g/mol. The standard InChI is InChI=1S/C39H78O3Si3/c1-15-43(9,10)40-31-23-27-37(6)30(29-31)19-20-32-33-21-22-35(38(33,7)28-24-34(32)37)39(8,42-45(13,14)17-3)26-18-25-36(4,5)41-44(11,12)16-2/h30-35H,15-29H2,1-14H3/t30-,31-,32?,33?,34?,35?,37?,38?,39+/m0/s1. The molecule has 4 saturated carbocycles. The maximum Gasteiger partial charge on any atom is 0.187 e. The summed E-state index contributed by atoms with van der Waals surface area (Å²) < 4.78 is 21.1. The fraction of sp³-hybridized carbons (Fsp3) is 1.00. The lowest BCUT2D eigenvalue weighted by molar-refractivity contribution is -0.141. The third-order valence-corrected chi connectivity index (χ3v) is 23.1. The topological polar surface area (TPSA) is 27.7 Å².